The van der Waals surface area contributed by atoms with E-state index < -0.39 is 7.75 Å². The molecule has 0 bridgehead atoms. The summed E-state index contributed by atoms with van der Waals surface area (Å²) in [7, 11) is -1.34. The number of hydrogen-bond donors (Lipinski definition) is 2. The second-order valence-electron chi connectivity index (χ2n) is 13.1. The van der Waals surface area contributed by atoms with Gasteiger partial charge < -0.3 is 5.32 Å². The van der Waals surface area contributed by atoms with Crippen molar-refractivity contribution >= 4 is 7.75 Å². The molecule has 0 aliphatic heterocycles. The molecule has 6 heteroatoms. The van der Waals surface area contributed by atoms with Gasteiger partial charge in [0.1, 0.15) is 0 Å². The van der Waals surface area contributed by atoms with E-state index in [0.717, 1.165) is 32.2 Å². The van der Waals surface area contributed by atoms with Crippen molar-refractivity contribution in [2.45, 2.75) is 194 Å². The molecule has 0 fully saturated rings. The van der Waals surface area contributed by atoms with Gasteiger partial charge in [0.25, 0.3) is 0 Å². The molecule has 0 saturated carbocycles. The van der Waals surface area contributed by atoms with E-state index >= 15 is 0 Å². The van der Waals surface area contributed by atoms with Crippen molar-refractivity contribution in [1.82, 2.24) is 10.4 Å². The van der Waals surface area contributed by atoms with E-state index in [9.17, 15) is 4.57 Å². The first-order chi connectivity index (χ1) is 22.2. The lowest BCUT2D eigenvalue weighted by molar-refractivity contribution is 0.189. The van der Waals surface area contributed by atoms with Crippen LogP contribution in [-0.4, -0.2) is 33.4 Å². The van der Waals surface area contributed by atoms with E-state index in [0.29, 0.717) is 19.8 Å². The molecular weight excluding hydrogens is 575 g/mol. The van der Waals surface area contributed by atoms with E-state index in [1.165, 1.54) is 154 Å². The number of likely N-dealkylation sites (N-methyl/N-ethyl adjacent to an activating group) is 1. The number of unbranched alkanes of at least 4 members (excludes halogenated alkanes) is 24. The van der Waals surface area contributed by atoms with Crippen LogP contribution in [0.4, 0.5) is 0 Å². The zero-order valence-electron chi connectivity index (χ0n) is 30.6. The van der Waals surface area contributed by atoms with Crippen LogP contribution in [-0.2, 0) is 13.6 Å². The van der Waals surface area contributed by atoms with E-state index in [1.807, 2.05) is 7.05 Å². The first-order valence-electron chi connectivity index (χ1n) is 19.8. The van der Waals surface area contributed by atoms with Gasteiger partial charge in [-0.1, -0.05) is 154 Å². The minimum absolute atomic E-state index is 0.498. The zero-order valence-corrected chi connectivity index (χ0v) is 31.5. The summed E-state index contributed by atoms with van der Waals surface area (Å²) in [6.07, 6.45) is 45.3. The molecule has 0 unspecified atom stereocenters. The maximum Gasteiger partial charge on any atom is 0.405 e. The van der Waals surface area contributed by atoms with Gasteiger partial charge in [-0.3, -0.25) is 9.05 Å². The maximum absolute atomic E-state index is 13.2. The predicted octanol–water partition coefficient (Wildman–Crippen LogP) is 13.0. The van der Waals surface area contributed by atoms with E-state index in [4.69, 9.17) is 9.05 Å². The first kappa shape index (κ1) is 44.5. The Kier molecular flexibility index (Phi) is 37.6. The number of rotatable bonds is 38. The Balaban J connectivity index is 3.74. The Hall–Kier alpha value is -0.450. The molecule has 0 atom stereocenters. The van der Waals surface area contributed by atoms with Gasteiger partial charge in [0.05, 0.1) is 13.2 Å². The molecule has 5 nitrogen and oxygen atoms in total. The summed E-state index contributed by atoms with van der Waals surface area (Å²) in [4.78, 5) is 0. The molecule has 0 aliphatic carbocycles. The van der Waals surface area contributed by atoms with Crippen LogP contribution in [0.3, 0.4) is 0 Å². The molecule has 0 saturated heterocycles. The minimum atomic E-state index is -3.23. The quantitative estimate of drug-likeness (QED) is 0.0394. The molecule has 45 heavy (non-hydrogen) atoms. The second kappa shape index (κ2) is 38.0. The molecular formula is C39H79N2O3P. The normalized spacial score (nSPS) is 12.3. The predicted molar refractivity (Wildman–Crippen MR) is 200 cm³/mol. The molecule has 0 heterocycles. The van der Waals surface area contributed by atoms with Crippen molar-refractivity contribution in [2.75, 3.05) is 33.4 Å². The van der Waals surface area contributed by atoms with Crippen LogP contribution in [0, 0.1) is 0 Å². The van der Waals surface area contributed by atoms with Crippen molar-refractivity contribution in [1.29, 1.82) is 0 Å². The Morgan fingerprint density at radius 3 is 1.09 bits per heavy atom. The third-order valence-corrected chi connectivity index (χ3v) is 10.2. The summed E-state index contributed by atoms with van der Waals surface area (Å²) in [6.45, 7) is 6.87. The molecule has 0 aromatic carbocycles. The Morgan fingerprint density at radius 2 is 0.756 bits per heavy atom. The van der Waals surface area contributed by atoms with Crippen molar-refractivity contribution in [3.63, 3.8) is 0 Å². The molecule has 0 aliphatic rings. The Morgan fingerprint density at radius 1 is 0.444 bits per heavy atom. The molecule has 0 aromatic heterocycles. The lowest BCUT2D eigenvalue weighted by atomic mass is 10.1. The second-order valence-corrected chi connectivity index (χ2v) is 14.9. The highest BCUT2D eigenvalue weighted by molar-refractivity contribution is 7.51. The zero-order chi connectivity index (χ0) is 32.8. The average Bonchev–Trinajstić information content (AvgIpc) is 3.04. The lowest BCUT2D eigenvalue weighted by Gasteiger charge is -2.19. The fraction of sp³-hybridized carbons (Fsp3) is 0.897. The largest absolute Gasteiger partial charge is 0.405 e. The number of nitrogens with one attached hydrogen (secondary N) is 2. The first-order valence-corrected chi connectivity index (χ1v) is 21.3. The van der Waals surface area contributed by atoms with Crippen LogP contribution in [0.25, 0.3) is 0 Å². The van der Waals surface area contributed by atoms with Gasteiger partial charge in [0.15, 0.2) is 0 Å². The summed E-state index contributed by atoms with van der Waals surface area (Å²) in [5.41, 5.74) is 0. The molecule has 0 radical (unpaired) electrons. The van der Waals surface area contributed by atoms with Crippen molar-refractivity contribution < 1.29 is 13.6 Å². The maximum atomic E-state index is 13.2. The third-order valence-electron chi connectivity index (χ3n) is 8.52. The highest BCUT2D eigenvalue weighted by atomic mass is 31.2. The Bertz CT molecular complexity index is 623. The highest BCUT2D eigenvalue weighted by Gasteiger charge is 2.23. The van der Waals surface area contributed by atoms with Crippen LogP contribution in [0.2, 0.25) is 0 Å². The number of allylic oxidation sites excluding steroid dienone is 4. The van der Waals surface area contributed by atoms with Crippen molar-refractivity contribution in [3.8, 4) is 0 Å². The van der Waals surface area contributed by atoms with Crippen molar-refractivity contribution in [3.05, 3.63) is 24.3 Å². The highest BCUT2D eigenvalue weighted by Crippen LogP contribution is 2.43. The van der Waals surface area contributed by atoms with Crippen LogP contribution in [0.5, 0.6) is 0 Å². The minimum Gasteiger partial charge on any atom is -0.318 e. The number of hydrogen-bond acceptors (Lipinski definition) is 4. The standard InChI is InChI=1S/C39H79N2O3P/c1-4-6-8-10-12-14-16-18-20-22-24-26-28-30-32-34-38-43-45(42,41-37-36-40-3)44-39-35-33-31-29-27-25-23-21-19-17-15-13-11-9-7-5-2/h18-21,40H,4-17,22-39H2,1-3H3,(H,41,42)/b20-18+,21-19+. The smallest absolute Gasteiger partial charge is 0.318 e. The third kappa shape index (κ3) is 36.2. The van der Waals surface area contributed by atoms with E-state index in [2.05, 4.69) is 48.6 Å². The summed E-state index contributed by atoms with van der Waals surface area (Å²) < 4.78 is 24.8. The molecule has 0 amide bonds. The summed E-state index contributed by atoms with van der Waals surface area (Å²) in [5, 5.41) is 6.13. The van der Waals surface area contributed by atoms with Crippen LogP contribution < -0.4 is 10.4 Å². The van der Waals surface area contributed by atoms with E-state index in [1.54, 1.807) is 0 Å². The topological polar surface area (TPSA) is 59.6 Å². The molecule has 2 N–H and O–H groups in total. The Labute approximate surface area is 282 Å². The van der Waals surface area contributed by atoms with Crippen LogP contribution >= 0.6 is 7.75 Å². The van der Waals surface area contributed by atoms with Gasteiger partial charge in [-0.15, -0.1) is 0 Å². The van der Waals surface area contributed by atoms with E-state index in [-0.39, 0.29) is 0 Å². The van der Waals surface area contributed by atoms with Crippen molar-refractivity contribution in [2.24, 2.45) is 0 Å². The van der Waals surface area contributed by atoms with Gasteiger partial charge in [-0.25, -0.2) is 9.65 Å². The lowest BCUT2D eigenvalue weighted by Crippen LogP contribution is -2.24. The monoisotopic (exact) mass is 655 g/mol. The molecule has 268 valence electrons. The summed E-state index contributed by atoms with van der Waals surface area (Å²) in [6, 6.07) is 0. The summed E-state index contributed by atoms with van der Waals surface area (Å²) >= 11 is 0. The summed E-state index contributed by atoms with van der Waals surface area (Å²) in [5.74, 6) is 0. The fourth-order valence-corrected chi connectivity index (χ4v) is 6.90. The van der Waals surface area contributed by atoms with Crippen LogP contribution in [0.15, 0.2) is 24.3 Å². The van der Waals surface area contributed by atoms with Gasteiger partial charge in [0.2, 0.25) is 0 Å². The van der Waals surface area contributed by atoms with Gasteiger partial charge in [-0.2, -0.15) is 0 Å². The fourth-order valence-electron chi connectivity index (χ4n) is 5.52. The SMILES string of the molecule is CCCCCCCC/C=C/CCCCCCCCOP(=O)(NCCNC)OCCCCCCCC/C=C/CCCCCCCC. The van der Waals surface area contributed by atoms with Gasteiger partial charge in [-0.05, 0) is 71.3 Å². The van der Waals surface area contributed by atoms with Crippen LogP contribution in [0.1, 0.15) is 194 Å². The van der Waals surface area contributed by atoms with Gasteiger partial charge in [0, 0.05) is 13.1 Å². The average molecular weight is 655 g/mol. The molecule has 0 spiro atoms. The molecule has 0 rings (SSSR count). The van der Waals surface area contributed by atoms with Gasteiger partial charge >= 0.3 is 7.75 Å². The molecule has 0 aromatic rings.